The Morgan fingerprint density at radius 1 is 0.846 bits per heavy atom. The molecule has 0 amide bonds. The smallest absolute Gasteiger partial charge is 0.323 e. The van der Waals surface area contributed by atoms with E-state index in [1.807, 2.05) is 30.3 Å². The van der Waals surface area contributed by atoms with Gasteiger partial charge in [-0.05, 0) is 111 Å². The molecule has 0 spiro atoms. The van der Waals surface area contributed by atoms with E-state index in [4.69, 9.17) is 18.9 Å². The third kappa shape index (κ3) is 7.29. The molecule has 1 aromatic rings. The third-order valence-corrected chi connectivity index (χ3v) is 15.1. The molecule has 4 aliphatic rings. The standard InChI is InChI=1S/C43H65NO8/c1-27(45)50-33-26-35-40(6)21-19-36(51-28(2)46)39(4,5)34(40)18-23-41(35,7)42(8)22-17-31(37(33)42)43(9,52-29(3)47)20-14-24-44-32(38(48)49-10)25-30-15-12-11-13-16-30/h11-13,15-16,31-37,44H,14,17-26H2,1-10H3/t31?,32-,33?,34?,35?,36-,37-,40-,41+,42+,43-/m0/s1. The Hall–Kier alpha value is -2.94. The van der Waals surface area contributed by atoms with Gasteiger partial charge >= 0.3 is 23.9 Å². The zero-order valence-electron chi connectivity index (χ0n) is 33.5. The van der Waals surface area contributed by atoms with Crippen molar-refractivity contribution in [3.63, 3.8) is 0 Å². The molecule has 1 N–H and O–H groups in total. The van der Waals surface area contributed by atoms with Gasteiger partial charge in [-0.2, -0.15) is 0 Å². The Morgan fingerprint density at radius 3 is 2.12 bits per heavy atom. The van der Waals surface area contributed by atoms with Crippen LogP contribution in [-0.2, 0) is 44.5 Å². The summed E-state index contributed by atoms with van der Waals surface area (Å²) in [7, 11) is 1.41. The van der Waals surface area contributed by atoms with Crippen molar-refractivity contribution < 1.29 is 38.1 Å². The maximum absolute atomic E-state index is 12.9. The number of carbonyl (C=O) groups is 4. The van der Waals surface area contributed by atoms with Crippen molar-refractivity contribution in [2.75, 3.05) is 13.7 Å². The van der Waals surface area contributed by atoms with Gasteiger partial charge in [-0.3, -0.25) is 19.2 Å². The van der Waals surface area contributed by atoms with E-state index in [0.717, 1.165) is 50.5 Å². The Morgan fingerprint density at radius 2 is 1.50 bits per heavy atom. The summed E-state index contributed by atoms with van der Waals surface area (Å²) in [6, 6.07) is 9.40. The van der Waals surface area contributed by atoms with Gasteiger partial charge in [0.15, 0.2) is 0 Å². The summed E-state index contributed by atoms with van der Waals surface area (Å²) in [6.45, 7) is 19.1. The fourth-order valence-electron chi connectivity index (χ4n) is 12.7. The molecule has 290 valence electrons. The van der Waals surface area contributed by atoms with Crippen molar-refractivity contribution in [1.82, 2.24) is 5.32 Å². The Kier molecular flexibility index (Phi) is 11.7. The lowest BCUT2D eigenvalue weighted by atomic mass is 9.35. The highest BCUT2D eigenvalue weighted by Crippen LogP contribution is 2.76. The highest BCUT2D eigenvalue weighted by Gasteiger charge is 2.72. The first-order chi connectivity index (χ1) is 24.3. The predicted octanol–water partition coefficient (Wildman–Crippen LogP) is 7.62. The first-order valence-corrected chi connectivity index (χ1v) is 19.7. The van der Waals surface area contributed by atoms with Gasteiger partial charge in [0.2, 0.25) is 0 Å². The Balaban J connectivity index is 1.41. The number of nitrogens with one attached hydrogen (secondary N) is 1. The molecule has 5 rings (SSSR count). The summed E-state index contributed by atoms with van der Waals surface area (Å²) in [5, 5.41) is 3.42. The Bertz CT molecular complexity index is 1480. The largest absolute Gasteiger partial charge is 0.468 e. The maximum Gasteiger partial charge on any atom is 0.323 e. The van der Waals surface area contributed by atoms with Gasteiger partial charge in [-0.25, -0.2) is 0 Å². The quantitative estimate of drug-likeness (QED) is 0.132. The van der Waals surface area contributed by atoms with Crippen LogP contribution in [0.25, 0.3) is 0 Å². The molecule has 0 aliphatic heterocycles. The number of benzene rings is 1. The SMILES string of the molecule is COC(=O)[C@H](Cc1ccccc1)NCCC[C@](C)(OC(C)=O)C1CC[C@]2(C)[C@@H]1C(OC(C)=O)CC1[C@@]3(C)CC[C@H](OC(C)=O)C(C)(C)C3CC[C@]12C. The number of carbonyl (C=O) groups excluding carboxylic acids is 4. The molecule has 0 heterocycles. The molecule has 0 bridgehead atoms. The molecular weight excluding hydrogens is 658 g/mol. The first kappa shape index (κ1) is 40.2. The van der Waals surface area contributed by atoms with Crippen LogP contribution in [0.1, 0.15) is 126 Å². The van der Waals surface area contributed by atoms with E-state index in [2.05, 4.69) is 46.9 Å². The maximum atomic E-state index is 12.9. The van der Waals surface area contributed by atoms with Gasteiger partial charge < -0.3 is 24.3 Å². The predicted molar refractivity (Wildman–Crippen MR) is 199 cm³/mol. The first-order valence-electron chi connectivity index (χ1n) is 19.7. The van der Waals surface area contributed by atoms with Crippen molar-refractivity contribution in [3.8, 4) is 0 Å². The average molecular weight is 724 g/mol. The normalized spacial score (nSPS) is 36.5. The van der Waals surface area contributed by atoms with Crippen LogP contribution in [0.5, 0.6) is 0 Å². The van der Waals surface area contributed by atoms with E-state index < -0.39 is 11.6 Å². The molecule has 4 saturated carbocycles. The van der Waals surface area contributed by atoms with E-state index in [1.165, 1.54) is 27.9 Å². The number of rotatable bonds is 12. The highest BCUT2D eigenvalue weighted by molar-refractivity contribution is 5.76. The fourth-order valence-corrected chi connectivity index (χ4v) is 12.7. The molecule has 52 heavy (non-hydrogen) atoms. The second-order valence-electron chi connectivity index (χ2n) is 18.2. The van der Waals surface area contributed by atoms with Crippen LogP contribution in [0.2, 0.25) is 0 Å². The molecule has 9 nitrogen and oxygen atoms in total. The number of ether oxygens (including phenoxy) is 4. The van der Waals surface area contributed by atoms with Crippen LogP contribution in [0.15, 0.2) is 30.3 Å². The van der Waals surface area contributed by atoms with Gasteiger partial charge in [0, 0.05) is 38.0 Å². The van der Waals surface area contributed by atoms with Crippen molar-refractivity contribution in [1.29, 1.82) is 0 Å². The lowest BCUT2D eigenvalue weighted by Gasteiger charge is -2.70. The second-order valence-corrected chi connectivity index (χ2v) is 18.2. The molecule has 0 saturated heterocycles. The molecular formula is C43H65NO8. The molecule has 4 unspecified atom stereocenters. The summed E-state index contributed by atoms with van der Waals surface area (Å²) in [5.41, 5.74) is -0.117. The third-order valence-electron chi connectivity index (χ3n) is 15.1. The number of fused-ring (bicyclic) bond motifs is 5. The lowest BCUT2D eigenvalue weighted by Crippen LogP contribution is -2.67. The van der Waals surface area contributed by atoms with Crippen molar-refractivity contribution in [2.45, 2.75) is 150 Å². The molecule has 9 heteroatoms. The van der Waals surface area contributed by atoms with E-state index in [9.17, 15) is 19.2 Å². The summed E-state index contributed by atoms with van der Waals surface area (Å²) >= 11 is 0. The number of hydrogen-bond donors (Lipinski definition) is 1. The van der Waals surface area contributed by atoms with Crippen LogP contribution in [-0.4, -0.2) is 61.4 Å². The van der Waals surface area contributed by atoms with Crippen molar-refractivity contribution >= 4 is 23.9 Å². The molecule has 0 aromatic heterocycles. The van der Waals surface area contributed by atoms with Crippen LogP contribution in [0, 0.1) is 45.3 Å². The van der Waals surface area contributed by atoms with Gasteiger partial charge in [0.25, 0.3) is 0 Å². The van der Waals surface area contributed by atoms with Gasteiger partial charge in [0.05, 0.1) is 7.11 Å². The van der Waals surface area contributed by atoms with Crippen LogP contribution >= 0.6 is 0 Å². The molecule has 4 aliphatic carbocycles. The number of methoxy groups -OCH3 is 1. The summed E-state index contributed by atoms with van der Waals surface area (Å²) < 4.78 is 23.8. The number of esters is 4. The monoisotopic (exact) mass is 723 g/mol. The minimum Gasteiger partial charge on any atom is -0.468 e. The Labute approximate surface area is 312 Å². The fraction of sp³-hybridized carbons (Fsp3) is 0.767. The topological polar surface area (TPSA) is 117 Å². The van der Waals surface area contributed by atoms with Gasteiger partial charge in [-0.1, -0.05) is 65.0 Å². The van der Waals surface area contributed by atoms with Crippen LogP contribution in [0.4, 0.5) is 0 Å². The summed E-state index contributed by atoms with van der Waals surface area (Å²) in [6.07, 6.45) is 7.88. The van der Waals surface area contributed by atoms with Gasteiger partial charge in [0.1, 0.15) is 23.9 Å². The number of hydrogen-bond acceptors (Lipinski definition) is 9. The van der Waals surface area contributed by atoms with Crippen molar-refractivity contribution in [3.05, 3.63) is 35.9 Å². The van der Waals surface area contributed by atoms with Crippen LogP contribution in [0.3, 0.4) is 0 Å². The minimum atomic E-state index is -0.789. The molecule has 4 fully saturated rings. The zero-order valence-corrected chi connectivity index (χ0v) is 33.5. The average Bonchev–Trinajstić information content (AvgIpc) is 3.44. The minimum absolute atomic E-state index is 0.00841. The summed E-state index contributed by atoms with van der Waals surface area (Å²) in [5.74, 6) is -0.436. The zero-order chi connectivity index (χ0) is 38.3. The van der Waals surface area contributed by atoms with E-state index in [-0.39, 0.29) is 69.6 Å². The van der Waals surface area contributed by atoms with Gasteiger partial charge in [-0.15, -0.1) is 0 Å². The highest BCUT2D eigenvalue weighted by atomic mass is 16.6. The van der Waals surface area contributed by atoms with E-state index >= 15 is 0 Å². The molecule has 1 aromatic carbocycles. The second kappa shape index (κ2) is 15.1. The lowest BCUT2D eigenvalue weighted by molar-refractivity contribution is -0.253. The summed E-state index contributed by atoms with van der Waals surface area (Å²) in [4.78, 5) is 50.5. The molecule has 0 radical (unpaired) electrons. The molecule has 11 atom stereocenters. The van der Waals surface area contributed by atoms with Crippen molar-refractivity contribution in [2.24, 2.45) is 45.3 Å². The van der Waals surface area contributed by atoms with Crippen LogP contribution < -0.4 is 5.32 Å². The van der Waals surface area contributed by atoms with E-state index in [1.54, 1.807) is 0 Å². The van der Waals surface area contributed by atoms with E-state index in [0.29, 0.717) is 37.6 Å².